The molecule has 0 aromatic heterocycles. The van der Waals surface area contributed by atoms with Gasteiger partial charge in [-0.25, -0.2) is 0 Å². The first-order chi connectivity index (χ1) is 6.75. The number of carboxylic acids is 1. The van der Waals surface area contributed by atoms with Gasteiger partial charge in [-0.1, -0.05) is 0 Å². The Morgan fingerprint density at radius 1 is 1.64 bits per heavy atom. The normalized spacial score (nSPS) is 27.5. The molecule has 1 fully saturated rings. The van der Waals surface area contributed by atoms with Gasteiger partial charge in [0.25, 0.3) is 0 Å². The average Bonchev–Trinajstić information content (AvgIpc) is 2.19. The van der Waals surface area contributed by atoms with Crippen LogP contribution in [-0.4, -0.2) is 37.4 Å². The van der Waals surface area contributed by atoms with Crippen molar-refractivity contribution in [3.63, 3.8) is 0 Å². The van der Waals surface area contributed by atoms with Gasteiger partial charge in [-0.2, -0.15) is 0 Å². The summed E-state index contributed by atoms with van der Waals surface area (Å²) in [6, 6.07) is 0. The van der Waals surface area contributed by atoms with Gasteiger partial charge in [0, 0.05) is 19.8 Å². The number of hydrogen-bond acceptors (Lipinski definition) is 3. The lowest BCUT2D eigenvalue weighted by Crippen LogP contribution is -2.41. The van der Waals surface area contributed by atoms with E-state index in [1.165, 1.54) is 0 Å². The summed E-state index contributed by atoms with van der Waals surface area (Å²) >= 11 is 0. The van der Waals surface area contributed by atoms with Crippen LogP contribution in [0.25, 0.3) is 0 Å². The standard InChI is InChI=1S/C10H19NO3/c1-2-14-6-4-8-3-5-11-7-9(8)10(12)13/h8-9,11H,2-7H2,1H3,(H,12,13)/t8?,9-/m1/s1. The number of carboxylic acid groups (broad SMARTS) is 1. The highest BCUT2D eigenvalue weighted by Gasteiger charge is 2.30. The molecule has 14 heavy (non-hydrogen) atoms. The Hall–Kier alpha value is -0.610. The van der Waals surface area contributed by atoms with Crippen molar-refractivity contribution in [3.05, 3.63) is 0 Å². The van der Waals surface area contributed by atoms with Crippen LogP contribution in [0.5, 0.6) is 0 Å². The second kappa shape index (κ2) is 5.98. The molecule has 0 spiro atoms. The van der Waals surface area contributed by atoms with Crippen LogP contribution >= 0.6 is 0 Å². The molecule has 0 aromatic carbocycles. The number of aliphatic carboxylic acids is 1. The Kier molecular flexibility index (Phi) is 4.90. The first-order valence-corrected chi connectivity index (χ1v) is 5.27. The Balaban J connectivity index is 2.34. The molecular formula is C10H19NO3. The van der Waals surface area contributed by atoms with E-state index < -0.39 is 5.97 Å². The fourth-order valence-electron chi connectivity index (χ4n) is 1.93. The van der Waals surface area contributed by atoms with Gasteiger partial charge in [-0.15, -0.1) is 0 Å². The summed E-state index contributed by atoms with van der Waals surface area (Å²) in [6.45, 7) is 4.89. The van der Waals surface area contributed by atoms with Gasteiger partial charge in [-0.05, 0) is 32.2 Å². The van der Waals surface area contributed by atoms with Crippen molar-refractivity contribution in [1.82, 2.24) is 5.32 Å². The first-order valence-electron chi connectivity index (χ1n) is 5.27. The van der Waals surface area contributed by atoms with Crippen molar-refractivity contribution >= 4 is 5.97 Å². The van der Waals surface area contributed by atoms with Crippen molar-refractivity contribution in [2.45, 2.75) is 19.8 Å². The molecule has 2 atom stereocenters. The van der Waals surface area contributed by atoms with Gasteiger partial charge in [0.15, 0.2) is 0 Å². The van der Waals surface area contributed by atoms with Crippen LogP contribution in [0.3, 0.4) is 0 Å². The van der Waals surface area contributed by atoms with E-state index >= 15 is 0 Å². The van der Waals surface area contributed by atoms with Crippen molar-refractivity contribution in [2.24, 2.45) is 11.8 Å². The minimum atomic E-state index is -0.682. The molecular weight excluding hydrogens is 182 g/mol. The largest absolute Gasteiger partial charge is 0.481 e. The van der Waals surface area contributed by atoms with Crippen LogP contribution in [-0.2, 0) is 9.53 Å². The molecule has 0 amide bonds. The summed E-state index contributed by atoms with van der Waals surface area (Å²) in [7, 11) is 0. The molecule has 1 saturated heterocycles. The minimum Gasteiger partial charge on any atom is -0.481 e. The number of carbonyl (C=O) groups is 1. The molecule has 4 heteroatoms. The molecule has 1 heterocycles. The van der Waals surface area contributed by atoms with Crippen LogP contribution < -0.4 is 5.32 Å². The quantitative estimate of drug-likeness (QED) is 0.644. The molecule has 0 saturated carbocycles. The molecule has 1 aliphatic heterocycles. The van der Waals surface area contributed by atoms with E-state index in [9.17, 15) is 4.79 Å². The maximum absolute atomic E-state index is 10.9. The SMILES string of the molecule is CCOCCC1CCNC[C@H]1C(=O)O. The van der Waals surface area contributed by atoms with Crippen LogP contribution in [0.15, 0.2) is 0 Å². The van der Waals surface area contributed by atoms with E-state index in [2.05, 4.69) is 5.32 Å². The van der Waals surface area contributed by atoms with Gasteiger partial charge in [0.2, 0.25) is 0 Å². The summed E-state index contributed by atoms with van der Waals surface area (Å²) in [5.74, 6) is -0.636. The molecule has 0 radical (unpaired) electrons. The number of piperidine rings is 1. The molecule has 2 N–H and O–H groups in total. The van der Waals surface area contributed by atoms with Gasteiger partial charge in [0.05, 0.1) is 5.92 Å². The average molecular weight is 201 g/mol. The summed E-state index contributed by atoms with van der Waals surface area (Å²) in [5, 5.41) is 12.1. The third kappa shape index (κ3) is 3.27. The highest BCUT2D eigenvalue weighted by Crippen LogP contribution is 2.22. The molecule has 0 aromatic rings. The fraction of sp³-hybridized carbons (Fsp3) is 0.900. The Morgan fingerprint density at radius 2 is 2.43 bits per heavy atom. The number of hydrogen-bond donors (Lipinski definition) is 2. The molecule has 1 unspecified atom stereocenters. The zero-order valence-electron chi connectivity index (χ0n) is 8.66. The van der Waals surface area contributed by atoms with Crippen LogP contribution in [0.1, 0.15) is 19.8 Å². The van der Waals surface area contributed by atoms with E-state index in [-0.39, 0.29) is 11.8 Å². The summed E-state index contributed by atoms with van der Waals surface area (Å²) in [5.41, 5.74) is 0. The number of rotatable bonds is 5. The third-order valence-electron chi connectivity index (χ3n) is 2.78. The fourth-order valence-corrected chi connectivity index (χ4v) is 1.93. The Bertz CT molecular complexity index is 184. The van der Waals surface area contributed by atoms with Crippen LogP contribution in [0.2, 0.25) is 0 Å². The molecule has 1 aliphatic rings. The molecule has 1 rings (SSSR count). The van der Waals surface area contributed by atoms with Crippen molar-refractivity contribution in [2.75, 3.05) is 26.3 Å². The summed E-state index contributed by atoms with van der Waals surface area (Å²) in [6.07, 6.45) is 1.82. The van der Waals surface area contributed by atoms with E-state index in [1.807, 2.05) is 6.92 Å². The van der Waals surface area contributed by atoms with Gasteiger partial charge in [0.1, 0.15) is 0 Å². The van der Waals surface area contributed by atoms with Gasteiger partial charge >= 0.3 is 5.97 Å². The zero-order valence-corrected chi connectivity index (χ0v) is 8.66. The van der Waals surface area contributed by atoms with Gasteiger partial charge < -0.3 is 15.2 Å². The summed E-state index contributed by atoms with van der Waals surface area (Å²) < 4.78 is 5.25. The van der Waals surface area contributed by atoms with Crippen molar-refractivity contribution in [3.8, 4) is 0 Å². The smallest absolute Gasteiger partial charge is 0.308 e. The predicted octanol–water partition coefficient (Wildman–Crippen LogP) is 0.723. The zero-order chi connectivity index (χ0) is 10.4. The summed E-state index contributed by atoms with van der Waals surface area (Å²) in [4.78, 5) is 10.9. The highest BCUT2D eigenvalue weighted by molar-refractivity contribution is 5.70. The Labute approximate surface area is 84.6 Å². The third-order valence-corrected chi connectivity index (χ3v) is 2.78. The van der Waals surface area contributed by atoms with Gasteiger partial charge in [-0.3, -0.25) is 4.79 Å². The molecule has 0 bridgehead atoms. The predicted molar refractivity (Wildman–Crippen MR) is 53.2 cm³/mol. The maximum Gasteiger partial charge on any atom is 0.308 e. The minimum absolute atomic E-state index is 0.232. The molecule has 82 valence electrons. The van der Waals surface area contributed by atoms with Crippen LogP contribution in [0.4, 0.5) is 0 Å². The van der Waals surface area contributed by atoms with Crippen molar-refractivity contribution < 1.29 is 14.6 Å². The van der Waals surface area contributed by atoms with Crippen LogP contribution in [0, 0.1) is 11.8 Å². The first kappa shape index (κ1) is 11.5. The second-order valence-corrected chi connectivity index (χ2v) is 3.68. The van der Waals surface area contributed by atoms with E-state index in [0.717, 1.165) is 19.4 Å². The topological polar surface area (TPSA) is 58.6 Å². The molecule has 4 nitrogen and oxygen atoms in total. The van der Waals surface area contributed by atoms with Crippen molar-refractivity contribution in [1.29, 1.82) is 0 Å². The molecule has 0 aliphatic carbocycles. The van der Waals surface area contributed by atoms with E-state index in [0.29, 0.717) is 19.8 Å². The maximum atomic E-state index is 10.9. The number of nitrogens with one attached hydrogen (secondary N) is 1. The lowest BCUT2D eigenvalue weighted by molar-refractivity contribution is -0.144. The lowest BCUT2D eigenvalue weighted by atomic mass is 9.84. The Morgan fingerprint density at radius 3 is 3.07 bits per heavy atom. The van der Waals surface area contributed by atoms with E-state index in [1.54, 1.807) is 0 Å². The highest BCUT2D eigenvalue weighted by atomic mass is 16.5. The second-order valence-electron chi connectivity index (χ2n) is 3.68. The lowest BCUT2D eigenvalue weighted by Gasteiger charge is -2.29. The monoisotopic (exact) mass is 201 g/mol. The van der Waals surface area contributed by atoms with E-state index in [4.69, 9.17) is 9.84 Å². The number of ether oxygens (including phenoxy) is 1.